The fraction of sp³-hybridized carbons (Fsp3) is 1.00. The first-order chi connectivity index (χ1) is 3.93. The van der Waals surface area contributed by atoms with Crippen LogP contribution in [0.1, 0.15) is 0 Å². The Bertz CT molecular complexity index is 66.0. The van der Waals surface area contributed by atoms with Crippen molar-refractivity contribution >= 4 is 0 Å². The van der Waals surface area contributed by atoms with Gasteiger partial charge in [0.05, 0.1) is 33.4 Å². The van der Waals surface area contributed by atoms with Gasteiger partial charge in [-0.1, -0.05) is 0 Å². The van der Waals surface area contributed by atoms with Gasteiger partial charge < -0.3 is 28.7 Å². The molecule has 56 valence electrons. The fourth-order valence-electron chi connectivity index (χ4n) is 0.836. The van der Waals surface area contributed by atoms with Crippen molar-refractivity contribution in [1.29, 1.82) is 0 Å². The summed E-state index contributed by atoms with van der Waals surface area (Å²) in [6.07, 6.45) is 0. The van der Waals surface area contributed by atoms with Crippen LogP contribution in [0, 0.1) is 0 Å². The van der Waals surface area contributed by atoms with Gasteiger partial charge in [0.1, 0.15) is 0 Å². The van der Waals surface area contributed by atoms with Crippen LogP contribution in [0.15, 0.2) is 0 Å². The van der Waals surface area contributed by atoms with E-state index in [1.165, 1.54) is 0 Å². The largest absolute Gasteiger partial charge is 1.00 e. The summed E-state index contributed by atoms with van der Waals surface area (Å²) < 4.78 is 5.14. The molecule has 1 heterocycles. The summed E-state index contributed by atoms with van der Waals surface area (Å²) in [6.45, 7) is 3.92. The first-order valence-electron chi connectivity index (χ1n) is 3.05. The zero-order valence-electron chi connectivity index (χ0n) is 5.64. The standard InChI is InChI=1S/C5H12N2O.HI/c1-6-7-2-4-8-5-3-7;/h6H,2-5H2,1H3;1H. The highest BCUT2D eigenvalue weighted by Crippen LogP contribution is 1.86. The van der Waals surface area contributed by atoms with E-state index in [0.717, 1.165) is 26.3 Å². The van der Waals surface area contributed by atoms with Gasteiger partial charge in [-0.25, -0.2) is 0 Å². The quantitative estimate of drug-likeness (QED) is 0.372. The Hall–Kier alpha value is 0.610. The molecule has 1 aliphatic rings. The predicted molar refractivity (Wildman–Crippen MR) is 30.2 cm³/mol. The number of halogens is 1. The lowest BCUT2D eigenvalue weighted by atomic mass is 10.5. The second kappa shape index (κ2) is 5.40. The van der Waals surface area contributed by atoms with Gasteiger partial charge in [-0.15, -0.1) is 0 Å². The Balaban J connectivity index is 0.000000640. The Morgan fingerprint density at radius 2 is 1.89 bits per heavy atom. The van der Waals surface area contributed by atoms with Crippen molar-refractivity contribution in [2.45, 2.75) is 0 Å². The van der Waals surface area contributed by atoms with E-state index < -0.39 is 0 Å². The third-order valence-electron chi connectivity index (χ3n) is 1.41. The van der Waals surface area contributed by atoms with Crippen LogP contribution in [0.5, 0.6) is 0 Å². The van der Waals surface area contributed by atoms with Crippen molar-refractivity contribution in [2.75, 3.05) is 33.4 Å². The van der Waals surface area contributed by atoms with Gasteiger partial charge >= 0.3 is 0 Å². The molecule has 0 saturated carbocycles. The lowest BCUT2D eigenvalue weighted by Crippen LogP contribution is -3.00. The summed E-state index contributed by atoms with van der Waals surface area (Å²) in [5, 5.41) is 2.27. The maximum Gasteiger partial charge on any atom is 0.0827 e. The summed E-state index contributed by atoms with van der Waals surface area (Å²) in [6, 6.07) is 0. The van der Waals surface area contributed by atoms with Crippen LogP contribution in [0.4, 0.5) is 0 Å². The summed E-state index contributed by atoms with van der Waals surface area (Å²) in [7, 11) is 2.06. The summed E-state index contributed by atoms with van der Waals surface area (Å²) in [5.41, 5.74) is 2.11. The lowest BCUT2D eigenvalue weighted by Gasteiger charge is -2.21. The van der Waals surface area contributed by atoms with E-state index in [1.807, 2.05) is 0 Å². The molecule has 0 aromatic heterocycles. The maximum atomic E-state index is 5.14. The van der Waals surface area contributed by atoms with Crippen molar-refractivity contribution in [3.05, 3.63) is 0 Å². The SMILES string of the molecule is C[NH2+]N1CCOCC1.[I-]. The highest BCUT2D eigenvalue weighted by atomic mass is 127. The summed E-state index contributed by atoms with van der Waals surface area (Å²) in [5.74, 6) is 0. The molecule has 0 aliphatic carbocycles. The van der Waals surface area contributed by atoms with E-state index in [-0.39, 0.29) is 24.0 Å². The van der Waals surface area contributed by atoms with Crippen LogP contribution < -0.4 is 29.4 Å². The van der Waals surface area contributed by atoms with Gasteiger partial charge in [-0.05, 0) is 0 Å². The topological polar surface area (TPSA) is 29.1 Å². The van der Waals surface area contributed by atoms with Gasteiger partial charge in [0, 0.05) is 0 Å². The van der Waals surface area contributed by atoms with Crippen molar-refractivity contribution in [2.24, 2.45) is 0 Å². The number of morpholine rings is 1. The first kappa shape index (κ1) is 9.61. The lowest BCUT2D eigenvalue weighted by molar-refractivity contribution is -0.785. The highest BCUT2D eigenvalue weighted by Gasteiger charge is 2.09. The number of quaternary nitrogens is 1. The number of hydrogen-bond acceptors (Lipinski definition) is 2. The normalized spacial score (nSPS) is 21.0. The van der Waals surface area contributed by atoms with Gasteiger partial charge in [-0.3, -0.25) is 5.43 Å². The summed E-state index contributed by atoms with van der Waals surface area (Å²) >= 11 is 0. The zero-order chi connectivity index (χ0) is 5.82. The van der Waals surface area contributed by atoms with Crippen LogP contribution >= 0.6 is 0 Å². The predicted octanol–water partition coefficient (Wildman–Crippen LogP) is -4.57. The Morgan fingerprint density at radius 1 is 1.33 bits per heavy atom. The molecule has 0 amide bonds. The molecular formula is C5H13IN2O. The van der Waals surface area contributed by atoms with Crippen LogP contribution in [0.25, 0.3) is 0 Å². The molecule has 1 aliphatic heterocycles. The monoisotopic (exact) mass is 244 g/mol. The molecule has 9 heavy (non-hydrogen) atoms. The van der Waals surface area contributed by atoms with E-state index in [2.05, 4.69) is 17.5 Å². The molecule has 0 aromatic rings. The number of rotatable bonds is 1. The highest BCUT2D eigenvalue weighted by molar-refractivity contribution is 4.48. The Kier molecular flexibility index (Phi) is 5.77. The Morgan fingerprint density at radius 3 is 2.22 bits per heavy atom. The minimum absolute atomic E-state index is 0. The summed E-state index contributed by atoms with van der Waals surface area (Å²) in [4.78, 5) is 0. The molecule has 2 N–H and O–H groups in total. The second-order valence-corrected chi connectivity index (χ2v) is 1.91. The van der Waals surface area contributed by atoms with Gasteiger partial charge in [0.2, 0.25) is 0 Å². The molecule has 0 spiro atoms. The zero-order valence-corrected chi connectivity index (χ0v) is 7.80. The minimum Gasteiger partial charge on any atom is -1.00 e. The third-order valence-corrected chi connectivity index (χ3v) is 1.41. The van der Waals surface area contributed by atoms with Crippen molar-refractivity contribution in [3.63, 3.8) is 0 Å². The molecule has 3 nitrogen and oxygen atoms in total. The van der Waals surface area contributed by atoms with E-state index in [4.69, 9.17) is 4.74 Å². The number of nitrogens with zero attached hydrogens (tertiary/aromatic N) is 1. The van der Waals surface area contributed by atoms with Gasteiger partial charge in [0.25, 0.3) is 0 Å². The molecular weight excluding hydrogens is 231 g/mol. The van der Waals surface area contributed by atoms with Gasteiger partial charge in [0.15, 0.2) is 0 Å². The van der Waals surface area contributed by atoms with Crippen molar-refractivity contribution in [3.8, 4) is 0 Å². The molecule has 0 unspecified atom stereocenters. The van der Waals surface area contributed by atoms with Gasteiger partial charge in [-0.2, -0.15) is 5.01 Å². The molecule has 1 saturated heterocycles. The maximum absolute atomic E-state index is 5.14. The first-order valence-corrected chi connectivity index (χ1v) is 3.05. The van der Waals surface area contributed by atoms with Crippen LogP contribution in [-0.2, 0) is 4.74 Å². The Labute approximate surface area is 72.7 Å². The third kappa shape index (κ3) is 3.34. The van der Waals surface area contributed by atoms with Crippen LogP contribution in [0.3, 0.4) is 0 Å². The second-order valence-electron chi connectivity index (χ2n) is 1.91. The van der Waals surface area contributed by atoms with Crippen LogP contribution in [-0.4, -0.2) is 38.4 Å². The number of ether oxygens (including phenoxy) is 1. The molecule has 4 heteroatoms. The van der Waals surface area contributed by atoms with Crippen molar-refractivity contribution in [1.82, 2.24) is 5.01 Å². The molecule has 0 aromatic carbocycles. The molecule has 0 atom stereocenters. The van der Waals surface area contributed by atoms with E-state index >= 15 is 0 Å². The average Bonchev–Trinajstić information content (AvgIpc) is 1.90. The van der Waals surface area contributed by atoms with Crippen LogP contribution in [0.2, 0.25) is 0 Å². The molecule has 1 rings (SSSR count). The minimum atomic E-state index is 0. The smallest absolute Gasteiger partial charge is 0.0827 e. The van der Waals surface area contributed by atoms with E-state index in [0.29, 0.717) is 0 Å². The number of hydrogen-bond donors (Lipinski definition) is 1. The molecule has 1 fully saturated rings. The fourth-order valence-corrected chi connectivity index (χ4v) is 0.836. The molecule has 0 radical (unpaired) electrons. The van der Waals surface area contributed by atoms with E-state index in [9.17, 15) is 0 Å². The molecule has 0 bridgehead atoms. The average molecular weight is 244 g/mol. The number of nitrogens with two attached hydrogens (primary N) is 1. The van der Waals surface area contributed by atoms with E-state index in [1.54, 1.807) is 0 Å². The van der Waals surface area contributed by atoms with Crippen molar-refractivity contribution < 1.29 is 34.1 Å².